The van der Waals surface area contributed by atoms with Gasteiger partial charge < -0.3 is 24.3 Å². The first kappa shape index (κ1) is 30.7. The number of esters is 4. The maximum Gasteiger partial charge on any atom is 0.332 e. The van der Waals surface area contributed by atoms with Crippen LogP contribution in [-0.2, 0) is 33.4 Å². The Kier molecular flexibility index (Phi) is 10.8. The van der Waals surface area contributed by atoms with Crippen LogP contribution >= 0.6 is 0 Å². The molecule has 0 unspecified atom stereocenters. The first-order valence-electron chi connectivity index (χ1n) is 12.8. The fourth-order valence-corrected chi connectivity index (χ4v) is 3.87. The molecular formula is C27H38N2O9. The number of hydrogen-bond donors (Lipinski definition) is 1. The molecule has 1 N–H and O–H groups in total. The second kappa shape index (κ2) is 13.3. The Morgan fingerprint density at radius 2 is 1.82 bits per heavy atom. The summed E-state index contributed by atoms with van der Waals surface area (Å²) in [4.78, 5) is 67.6. The van der Waals surface area contributed by atoms with E-state index in [-0.39, 0.29) is 36.1 Å². The third-order valence-electron chi connectivity index (χ3n) is 5.81. The molecule has 11 nitrogen and oxygen atoms in total. The van der Waals surface area contributed by atoms with Crippen molar-refractivity contribution in [2.45, 2.75) is 92.4 Å². The maximum absolute atomic E-state index is 13.1. The van der Waals surface area contributed by atoms with Crippen molar-refractivity contribution < 1.29 is 42.9 Å². The van der Waals surface area contributed by atoms with Crippen molar-refractivity contribution in [2.24, 2.45) is 11.3 Å². The van der Waals surface area contributed by atoms with Gasteiger partial charge in [-0.2, -0.15) is 0 Å². The van der Waals surface area contributed by atoms with Gasteiger partial charge in [0.2, 0.25) is 0 Å². The van der Waals surface area contributed by atoms with Crippen molar-refractivity contribution in [2.75, 3.05) is 6.61 Å². The minimum absolute atomic E-state index is 0.0258. The molecule has 2 rings (SSSR count). The van der Waals surface area contributed by atoms with E-state index >= 15 is 0 Å². The molecule has 38 heavy (non-hydrogen) atoms. The molecule has 0 aliphatic carbocycles. The van der Waals surface area contributed by atoms with Crippen molar-refractivity contribution in [3.63, 3.8) is 0 Å². The van der Waals surface area contributed by atoms with Gasteiger partial charge in [0.1, 0.15) is 12.7 Å². The number of carbonyl (C=O) groups is 5. The highest BCUT2D eigenvalue weighted by molar-refractivity contribution is 5.98. The van der Waals surface area contributed by atoms with Gasteiger partial charge in [-0.1, -0.05) is 34.6 Å². The van der Waals surface area contributed by atoms with Crippen molar-refractivity contribution in [3.8, 4) is 5.75 Å². The van der Waals surface area contributed by atoms with E-state index in [2.05, 4.69) is 10.3 Å². The van der Waals surface area contributed by atoms with E-state index in [4.69, 9.17) is 18.9 Å². The van der Waals surface area contributed by atoms with Crippen LogP contribution in [0.5, 0.6) is 5.75 Å². The van der Waals surface area contributed by atoms with Gasteiger partial charge >= 0.3 is 23.9 Å². The first-order valence-corrected chi connectivity index (χ1v) is 12.8. The zero-order valence-electron chi connectivity index (χ0n) is 23.1. The average Bonchev–Trinajstić information content (AvgIpc) is 2.84. The second-order valence-corrected chi connectivity index (χ2v) is 10.5. The third-order valence-corrected chi connectivity index (χ3v) is 5.81. The number of ether oxygens (including phenoxy) is 4. The Bertz CT molecular complexity index is 1050. The predicted molar refractivity (Wildman–Crippen MR) is 135 cm³/mol. The highest BCUT2D eigenvalue weighted by atomic mass is 16.6. The molecule has 4 atom stereocenters. The van der Waals surface area contributed by atoms with Gasteiger partial charge in [-0.25, -0.2) is 9.78 Å². The molecule has 0 bridgehead atoms. The molecule has 1 fully saturated rings. The normalized spacial score (nSPS) is 22.2. The number of carbonyl (C=O) groups excluding carboxylic acids is 5. The molecule has 2 heterocycles. The highest BCUT2D eigenvalue weighted by Crippen LogP contribution is 2.26. The van der Waals surface area contributed by atoms with Crippen molar-refractivity contribution in [3.05, 3.63) is 23.5 Å². The lowest BCUT2D eigenvalue weighted by Crippen LogP contribution is -2.46. The first-order chi connectivity index (χ1) is 17.8. The van der Waals surface area contributed by atoms with Crippen LogP contribution < -0.4 is 10.1 Å². The molecule has 0 aromatic carbocycles. The number of nitrogens with zero attached hydrogens (tertiary/aromatic N) is 1. The minimum Gasteiger partial charge on any atom is -0.463 e. The molecule has 1 aromatic heterocycles. The number of pyridine rings is 1. The Morgan fingerprint density at radius 3 is 2.42 bits per heavy atom. The van der Waals surface area contributed by atoms with Crippen LogP contribution in [0.2, 0.25) is 0 Å². The third kappa shape index (κ3) is 8.53. The number of amides is 1. The maximum atomic E-state index is 13.1. The fourth-order valence-electron chi connectivity index (χ4n) is 3.87. The Hall–Kier alpha value is -3.50. The Morgan fingerprint density at radius 1 is 1.13 bits per heavy atom. The van der Waals surface area contributed by atoms with Crippen molar-refractivity contribution in [1.29, 1.82) is 0 Å². The summed E-state index contributed by atoms with van der Waals surface area (Å²) in [7, 11) is 0. The number of cyclic esters (lactones) is 2. The van der Waals surface area contributed by atoms with E-state index in [0.717, 1.165) is 0 Å². The van der Waals surface area contributed by atoms with Gasteiger partial charge in [0.15, 0.2) is 23.6 Å². The molecule has 0 radical (unpaired) electrons. The summed E-state index contributed by atoms with van der Waals surface area (Å²) >= 11 is 0. The summed E-state index contributed by atoms with van der Waals surface area (Å²) in [5.74, 6) is -4.35. The minimum atomic E-state index is -1.38. The molecule has 210 valence electrons. The van der Waals surface area contributed by atoms with E-state index in [1.54, 1.807) is 19.9 Å². The molecule has 1 aromatic rings. The summed E-state index contributed by atoms with van der Waals surface area (Å²) in [6, 6.07) is 0.201. The molecular weight excluding hydrogens is 496 g/mol. The fraction of sp³-hybridized carbons (Fsp3) is 0.630. The largest absolute Gasteiger partial charge is 0.463 e. The number of nitrogens with one attached hydrogen (secondary N) is 1. The van der Waals surface area contributed by atoms with Gasteiger partial charge in [0.05, 0.1) is 12.3 Å². The Balaban J connectivity index is 2.26. The SMILES string of the molecule is CCCC(=O)Oc1c(C)ccnc1C(=O)N[C@H]1COC(=O)[C@H](CC)[C@@H](OC(=O)CC(C)(C)C)[C@H](C)OC1=O. The van der Waals surface area contributed by atoms with Crippen LogP contribution in [0.25, 0.3) is 0 Å². The smallest absolute Gasteiger partial charge is 0.332 e. The summed E-state index contributed by atoms with van der Waals surface area (Å²) in [6.07, 6.45) is 0.384. The van der Waals surface area contributed by atoms with E-state index in [9.17, 15) is 24.0 Å². The van der Waals surface area contributed by atoms with E-state index in [1.807, 2.05) is 27.7 Å². The molecule has 0 saturated carbocycles. The Labute approximate surface area is 222 Å². The molecule has 1 amide bonds. The molecule has 1 saturated heterocycles. The monoisotopic (exact) mass is 534 g/mol. The van der Waals surface area contributed by atoms with Gasteiger partial charge in [-0.15, -0.1) is 0 Å². The van der Waals surface area contributed by atoms with Crippen LogP contribution in [-0.4, -0.2) is 59.6 Å². The van der Waals surface area contributed by atoms with Crippen LogP contribution in [0.4, 0.5) is 0 Å². The number of aromatic nitrogens is 1. The zero-order chi connectivity index (χ0) is 28.6. The van der Waals surface area contributed by atoms with Crippen molar-refractivity contribution >= 4 is 29.8 Å². The lowest BCUT2D eigenvalue weighted by molar-refractivity contribution is -0.175. The number of hydrogen-bond acceptors (Lipinski definition) is 10. The van der Waals surface area contributed by atoms with Gasteiger partial charge in [0.25, 0.3) is 5.91 Å². The summed E-state index contributed by atoms with van der Waals surface area (Å²) in [6.45, 7) is 11.8. The quantitative estimate of drug-likeness (QED) is 0.390. The standard InChI is InChI=1S/C27H38N2O9/c1-8-10-19(30)37-22-15(3)11-12-28-21(22)24(32)29-18-14-35-25(33)17(9-2)23(16(4)36-26(18)34)38-20(31)13-27(5,6)7/h11-12,16-18,23H,8-10,13-14H2,1-7H3,(H,29,32)/t16-,17+,18-,23-/m0/s1. The van der Waals surface area contributed by atoms with Gasteiger partial charge in [-0.05, 0) is 43.7 Å². The number of aryl methyl sites for hydroxylation is 1. The van der Waals surface area contributed by atoms with E-state index in [0.29, 0.717) is 12.0 Å². The summed E-state index contributed by atoms with van der Waals surface area (Å²) in [5.41, 5.74) is -0.0555. The van der Waals surface area contributed by atoms with Crippen LogP contribution in [0.15, 0.2) is 12.3 Å². The number of rotatable bonds is 8. The summed E-state index contributed by atoms with van der Waals surface area (Å²) in [5, 5.41) is 2.46. The second-order valence-electron chi connectivity index (χ2n) is 10.5. The van der Waals surface area contributed by atoms with Gasteiger partial charge in [0, 0.05) is 12.6 Å². The van der Waals surface area contributed by atoms with Crippen LogP contribution in [0.1, 0.15) is 83.3 Å². The molecule has 1 aliphatic rings. The predicted octanol–water partition coefficient (Wildman–Crippen LogP) is 3.06. The molecule has 11 heteroatoms. The highest BCUT2D eigenvalue weighted by Gasteiger charge is 2.41. The molecule has 1 aliphatic heterocycles. The summed E-state index contributed by atoms with van der Waals surface area (Å²) < 4.78 is 21.8. The van der Waals surface area contributed by atoms with E-state index in [1.165, 1.54) is 13.1 Å². The lowest BCUT2D eigenvalue weighted by atomic mass is 9.92. The van der Waals surface area contributed by atoms with Crippen molar-refractivity contribution in [1.82, 2.24) is 10.3 Å². The van der Waals surface area contributed by atoms with Crippen LogP contribution in [0.3, 0.4) is 0 Å². The molecule has 0 spiro atoms. The topological polar surface area (TPSA) is 147 Å². The zero-order valence-corrected chi connectivity index (χ0v) is 23.1. The van der Waals surface area contributed by atoms with E-state index < -0.39 is 60.6 Å². The lowest BCUT2D eigenvalue weighted by Gasteiger charge is -2.29. The van der Waals surface area contributed by atoms with Gasteiger partial charge in [-0.3, -0.25) is 19.2 Å². The van der Waals surface area contributed by atoms with Crippen LogP contribution in [0, 0.1) is 18.3 Å². The average molecular weight is 535 g/mol.